The summed E-state index contributed by atoms with van der Waals surface area (Å²) in [5.41, 5.74) is -0.384. The molecule has 2 N–H and O–H groups in total. The first-order valence-corrected chi connectivity index (χ1v) is 7.28. The first kappa shape index (κ1) is 16.5. The molecule has 2 aromatic carbocycles. The summed E-state index contributed by atoms with van der Waals surface area (Å²) >= 11 is 14.7. The zero-order valence-electron chi connectivity index (χ0n) is 10.6. The van der Waals surface area contributed by atoms with Crippen molar-refractivity contribution in [2.24, 2.45) is 0 Å². The number of nitrogens with one attached hydrogen (secondary N) is 1. The summed E-state index contributed by atoms with van der Waals surface area (Å²) in [6.45, 7) is 0. The van der Waals surface area contributed by atoms with Crippen LogP contribution in [-0.2, 0) is 0 Å². The predicted molar refractivity (Wildman–Crippen MR) is 86.9 cm³/mol. The van der Waals surface area contributed by atoms with Crippen molar-refractivity contribution >= 4 is 56.4 Å². The molecule has 0 heterocycles. The second-order valence-electron chi connectivity index (χ2n) is 4.16. The second-order valence-corrected chi connectivity index (χ2v) is 5.86. The molecule has 6 nitrogen and oxygen atoms in total. The number of non-ortho nitro benzene ring substituents is 1. The minimum Gasteiger partial charge on any atom is -0.506 e. The van der Waals surface area contributed by atoms with E-state index in [4.69, 9.17) is 23.2 Å². The van der Waals surface area contributed by atoms with E-state index in [1.54, 1.807) is 6.07 Å². The lowest BCUT2D eigenvalue weighted by Gasteiger charge is -2.09. The number of phenolic OH excluding ortho intramolecular Hbond substituents is 1. The Morgan fingerprint density at radius 3 is 2.59 bits per heavy atom. The van der Waals surface area contributed by atoms with Gasteiger partial charge in [0, 0.05) is 17.2 Å². The molecule has 0 aliphatic rings. The Labute approximate surface area is 142 Å². The highest BCUT2D eigenvalue weighted by Crippen LogP contribution is 2.34. The van der Waals surface area contributed by atoms with E-state index in [2.05, 4.69) is 21.2 Å². The number of nitro benzene ring substituents is 1. The molecular weight excluding hydrogens is 399 g/mol. The van der Waals surface area contributed by atoms with E-state index in [0.29, 0.717) is 5.02 Å². The first-order valence-electron chi connectivity index (χ1n) is 5.73. The van der Waals surface area contributed by atoms with Gasteiger partial charge in [-0.1, -0.05) is 23.2 Å². The van der Waals surface area contributed by atoms with Crippen LogP contribution in [0.15, 0.2) is 34.8 Å². The Bertz CT molecular complexity index is 783. The minimum atomic E-state index is -0.758. The highest BCUT2D eigenvalue weighted by Gasteiger charge is 2.20. The van der Waals surface area contributed by atoms with Gasteiger partial charge in [-0.25, -0.2) is 0 Å². The fourth-order valence-electron chi connectivity index (χ4n) is 1.65. The van der Waals surface area contributed by atoms with Gasteiger partial charge in [-0.3, -0.25) is 14.9 Å². The van der Waals surface area contributed by atoms with Crippen LogP contribution in [0.1, 0.15) is 10.4 Å². The Hall–Kier alpha value is -1.83. The molecule has 0 spiro atoms. The lowest BCUT2D eigenvalue weighted by molar-refractivity contribution is -0.385. The summed E-state index contributed by atoms with van der Waals surface area (Å²) in [6, 6.07) is 6.52. The molecule has 2 rings (SSSR count). The summed E-state index contributed by atoms with van der Waals surface area (Å²) in [5, 5.41) is 23.7. The molecule has 0 aliphatic heterocycles. The number of hydrogen-bond acceptors (Lipinski definition) is 4. The molecule has 0 aliphatic carbocycles. The number of aromatic hydroxyl groups is 1. The van der Waals surface area contributed by atoms with Crippen LogP contribution < -0.4 is 5.32 Å². The largest absolute Gasteiger partial charge is 0.506 e. The fraction of sp³-hybridized carbons (Fsp3) is 0. The van der Waals surface area contributed by atoms with E-state index in [9.17, 15) is 20.0 Å². The molecule has 0 bridgehead atoms. The Balaban J connectivity index is 2.41. The zero-order chi connectivity index (χ0) is 16.4. The summed E-state index contributed by atoms with van der Waals surface area (Å²) in [6.07, 6.45) is 0. The van der Waals surface area contributed by atoms with Crippen molar-refractivity contribution in [3.63, 3.8) is 0 Å². The highest BCUT2D eigenvalue weighted by atomic mass is 79.9. The Morgan fingerprint density at radius 1 is 1.27 bits per heavy atom. The summed E-state index contributed by atoms with van der Waals surface area (Å²) < 4.78 is 0.0315. The molecule has 0 radical (unpaired) electrons. The van der Waals surface area contributed by atoms with E-state index in [-0.39, 0.29) is 26.4 Å². The first-order chi connectivity index (χ1) is 10.3. The van der Waals surface area contributed by atoms with Crippen molar-refractivity contribution in [1.29, 1.82) is 0 Å². The molecule has 22 heavy (non-hydrogen) atoms. The average Bonchev–Trinajstić information content (AvgIpc) is 2.45. The third kappa shape index (κ3) is 3.49. The van der Waals surface area contributed by atoms with E-state index in [0.717, 1.165) is 12.1 Å². The Morgan fingerprint density at radius 2 is 1.95 bits per heavy atom. The zero-order valence-corrected chi connectivity index (χ0v) is 13.7. The maximum absolute atomic E-state index is 12.2. The molecule has 2 aromatic rings. The predicted octanol–water partition coefficient (Wildman–Crippen LogP) is 4.62. The summed E-state index contributed by atoms with van der Waals surface area (Å²) in [5.74, 6) is -1.17. The van der Waals surface area contributed by atoms with Gasteiger partial charge in [-0.15, -0.1) is 0 Å². The number of nitro groups is 1. The van der Waals surface area contributed by atoms with Gasteiger partial charge in [0.15, 0.2) is 0 Å². The smallest absolute Gasteiger partial charge is 0.271 e. The topological polar surface area (TPSA) is 92.5 Å². The average molecular weight is 406 g/mol. The number of halogens is 3. The summed E-state index contributed by atoms with van der Waals surface area (Å²) in [4.78, 5) is 22.4. The van der Waals surface area contributed by atoms with Gasteiger partial charge in [-0.05, 0) is 34.1 Å². The number of carbonyl (C=O) groups is 1. The van der Waals surface area contributed by atoms with Crippen LogP contribution in [0.5, 0.6) is 5.75 Å². The number of anilines is 1. The van der Waals surface area contributed by atoms with Crippen molar-refractivity contribution in [3.8, 4) is 5.75 Å². The molecule has 0 fully saturated rings. The van der Waals surface area contributed by atoms with Crippen LogP contribution >= 0.6 is 39.1 Å². The molecule has 114 valence electrons. The van der Waals surface area contributed by atoms with Crippen LogP contribution in [0.25, 0.3) is 0 Å². The number of phenols is 1. The lowest BCUT2D eigenvalue weighted by Crippen LogP contribution is -2.13. The molecule has 0 unspecified atom stereocenters. The Kier molecular flexibility index (Phi) is 4.90. The van der Waals surface area contributed by atoms with Gasteiger partial charge in [-0.2, -0.15) is 0 Å². The van der Waals surface area contributed by atoms with E-state index >= 15 is 0 Å². The van der Waals surface area contributed by atoms with Gasteiger partial charge in [0.2, 0.25) is 0 Å². The number of carbonyl (C=O) groups excluding carboxylic acids is 1. The molecule has 1 amide bonds. The third-order valence-corrected chi connectivity index (χ3v) is 3.85. The quantitative estimate of drug-likeness (QED) is 0.575. The van der Waals surface area contributed by atoms with Gasteiger partial charge >= 0.3 is 0 Å². The maximum atomic E-state index is 12.2. The number of hydrogen-bond donors (Lipinski definition) is 2. The molecule has 0 saturated heterocycles. The van der Waals surface area contributed by atoms with Crippen LogP contribution in [0, 0.1) is 10.1 Å². The van der Waals surface area contributed by atoms with E-state index < -0.39 is 16.6 Å². The van der Waals surface area contributed by atoms with Crippen molar-refractivity contribution < 1.29 is 14.8 Å². The van der Waals surface area contributed by atoms with E-state index in [1.807, 2.05) is 0 Å². The van der Waals surface area contributed by atoms with Crippen molar-refractivity contribution in [3.05, 3.63) is 60.5 Å². The van der Waals surface area contributed by atoms with Crippen LogP contribution in [0.4, 0.5) is 11.4 Å². The summed E-state index contributed by atoms with van der Waals surface area (Å²) in [7, 11) is 0. The maximum Gasteiger partial charge on any atom is 0.271 e. The standard InChI is InChI=1S/C13H7BrCl2N2O4/c14-9-5-7(18(21)22)4-8(12(9)19)13(20)17-11-3-6(15)1-2-10(11)16/h1-5,19H,(H,17,20). The molecule has 9 heteroatoms. The normalized spacial score (nSPS) is 10.3. The SMILES string of the molecule is O=C(Nc1cc(Cl)ccc1Cl)c1cc([N+](=O)[O-])cc(Br)c1O. The van der Waals surface area contributed by atoms with Crippen molar-refractivity contribution in [2.75, 3.05) is 5.32 Å². The third-order valence-electron chi connectivity index (χ3n) is 2.68. The van der Waals surface area contributed by atoms with Gasteiger partial charge in [0.05, 0.1) is 25.7 Å². The number of amides is 1. The van der Waals surface area contributed by atoms with E-state index in [1.165, 1.54) is 12.1 Å². The fourth-order valence-corrected chi connectivity index (χ4v) is 2.43. The number of nitrogens with zero attached hydrogens (tertiary/aromatic N) is 1. The van der Waals surface area contributed by atoms with Crippen LogP contribution in [-0.4, -0.2) is 15.9 Å². The van der Waals surface area contributed by atoms with Gasteiger partial charge < -0.3 is 10.4 Å². The van der Waals surface area contributed by atoms with Gasteiger partial charge in [0.25, 0.3) is 11.6 Å². The number of rotatable bonds is 3. The van der Waals surface area contributed by atoms with Crippen LogP contribution in [0.2, 0.25) is 10.0 Å². The molecule has 0 atom stereocenters. The lowest BCUT2D eigenvalue weighted by atomic mass is 10.1. The van der Waals surface area contributed by atoms with Crippen molar-refractivity contribution in [2.45, 2.75) is 0 Å². The molecule has 0 saturated carbocycles. The van der Waals surface area contributed by atoms with Crippen molar-refractivity contribution in [1.82, 2.24) is 0 Å². The second kappa shape index (κ2) is 6.51. The molecule has 0 aromatic heterocycles. The molecular formula is C13H7BrCl2N2O4. The highest BCUT2D eigenvalue weighted by molar-refractivity contribution is 9.10. The minimum absolute atomic E-state index is 0.0315. The van der Waals surface area contributed by atoms with Crippen LogP contribution in [0.3, 0.4) is 0 Å². The van der Waals surface area contributed by atoms with Gasteiger partial charge in [0.1, 0.15) is 5.75 Å². The number of benzene rings is 2. The monoisotopic (exact) mass is 404 g/mol.